The van der Waals surface area contributed by atoms with Crippen molar-refractivity contribution in [1.82, 2.24) is 20.3 Å². The van der Waals surface area contributed by atoms with Crippen molar-refractivity contribution in [2.45, 2.75) is 25.7 Å². The highest BCUT2D eigenvalue weighted by Gasteiger charge is 2.20. The van der Waals surface area contributed by atoms with Crippen LogP contribution in [0.15, 0.2) is 48.9 Å². The van der Waals surface area contributed by atoms with Gasteiger partial charge in [-0.3, -0.25) is 4.79 Å². The molecule has 0 unspecified atom stereocenters. The summed E-state index contributed by atoms with van der Waals surface area (Å²) in [6.45, 7) is 3.74. The lowest BCUT2D eigenvalue weighted by atomic mass is 9.98. The first kappa shape index (κ1) is 25.3. The van der Waals surface area contributed by atoms with Crippen LogP contribution in [0.3, 0.4) is 0 Å². The normalized spacial score (nSPS) is 13.4. The molecule has 1 aliphatic carbocycles. The molecule has 8 nitrogen and oxygen atoms in total. The van der Waals surface area contributed by atoms with E-state index in [0.29, 0.717) is 17.9 Å². The predicted molar refractivity (Wildman–Crippen MR) is 140 cm³/mol. The Labute approximate surface area is 207 Å². The number of aromatic nitrogens is 3. The summed E-state index contributed by atoms with van der Waals surface area (Å²) >= 11 is 0. The fraction of sp³-hybridized carbons (Fsp3) is 0.360. The fourth-order valence-corrected chi connectivity index (χ4v) is 3.60. The first-order chi connectivity index (χ1) is 16.1. The Kier molecular flexibility index (Phi) is 8.70. The molecule has 1 aliphatic rings. The Morgan fingerprint density at radius 3 is 2.59 bits per heavy atom. The number of benzene rings is 1. The number of carbonyl (C=O) groups excluding carboxylic acids is 1. The van der Waals surface area contributed by atoms with Crippen LogP contribution in [-0.4, -0.2) is 48.1 Å². The van der Waals surface area contributed by atoms with E-state index in [-0.39, 0.29) is 25.3 Å². The van der Waals surface area contributed by atoms with Gasteiger partial charge in [0.05, 0.1) is 12.8 Å². The highest BCUT2D eigenvalue weighted by Crippen LogP contribution is 2.29. The van der Waals surface area contributed by atoms with Crippen LogP contribution in [0.1, 0.15) is 41.6 Å². The van der Waals surface area contributed by atoms with Crippen molar-refractivity contribution in [3.63, 3.8) is 0 Å². The zero-order chi connectivity index (χ0) is 23.2. The van der Waals surface area contributed by atoms with Gasteiger partial charge in [-0.05, 0) is 48.6 Å². The van der Waals surface area contributed by atoms with Gasteiger partial charge in [-0.1, -0.05) is 13.0 Å². The number of nitrogens with zero attached hydrogens (tertiary/aromatic N) is 3. The number of carbonyl (C=O) groups is 1. The van der Waals surface area contributed by atoms with E-state index in [4.69, 9.17) is 4.74 Å². The SMILES string of the molecule is CNC(=O)c1ccc([C@H](C)CNc2cc(-c3ccc(NCC4CC4)nc3)ncn2)c(OC)c1.S. The van der Waals surface area contributed by atoms with Gasteiger partial charge in [0.1, 0.15) is 23.7 Å². The second-order valence-electron chi connectivity index (χ2n) is 8.36. The van der Waals surface area contributed by atoms with Gasteiger partial charge in [0.2, 0.25) is 0 Å². The van der Waals surface area contributed by atoms with Gasteiger partial charge >= 0.3 is 0 Å². The van der Waals surface area contributed by atoms with Crippen molar-refractivity contribution >= 4 is 31.0 Å². The predicted octanol–water partition coefficient (Wildman–Crippen LogP) is 4.06. The third kappa shape index (κ3) is 6.38. The number of nitrogens with one attached hydrogen (secondary N) is 3. The summed E-state index contributed by atoms with van der Waals surface area (Å²) in [6.07, 6.45) is 6.02. The van der Waals surface area contributed by atoms with Crippen molar-refractivity contribution in [3.8, 4) is 17.0 Å². The van der Waals surface area contributed by atoms with Crippen LogP contribution in [0, 0.1) is 5.92 Å². The van der Waals surface area contributed by atoms with Crippen LogP contribution in [0.2, 0.25) is 0 Å². The monoisotopic (exact) mass is 480 g/mol. The maximum absolute atomic E-state index is 11.9. The lowest BCUT2D eigenvalue weighted by Crippen LogP contribution is -2.18. The molecule has 1 aromatic carbocycles. The molecule has 2 aromatic heterocycles. The molecular weight excluding hydrogens is 448 g/mol. The molecule has 1 fully saturated rings. The number of ether oxygens (including phenoxy) is 1. The van der Waals surface area contributed by atoms with Crippen molar-refractivity contribution in [2.24, 2.45) is 5.92 Å². The molecule has 1 atom stereocenters. The van der Waals surface area contributed by atoms with Crippen molar-refractivity contribution in [1.29, 1.82) is 0 Å². The second-order valence-corrected chi connectivity index (χ2v) is 8.36. The molecule has 4 rings (SSSR count). The fourth-order valence-electron chi connectivity index (χ4n) is 3.60. The first-order valence-electron chi connectivity index (χ1n) is 11.2. The Morgan fingerprint density at radius 1 is 1.09 bits per heavy atom. The number of anilines is 2. The van der Waals surface area contributed by atoms with Gasteiger partial charge in [-0.2, -0.15) is 13.5 Å². The number of methoxy groups -OCH3 is 1. The van der Waals surface area contributed by atoms with Gasteiger partial charge < -0.3 is 20.7 Å². The van der Waals surface area contributed by atoms with E-state index in [1.165, 1.54) is 12.8 Å². The van der Waals surface area contributed by atoms with Crippen LogP contribution in [-0.2, 0) is 0 Å². The average Bonchev–Trinajstić information content (AvgIpc) is 3.70. The van der Waals surface area contributed by atoms with Gasteiger partial charge in [-0.15, -0.1) is 0 Å². The van der Waals surface area contributed by atoms with E-state index in [1.807, 2.05) is 36.5 Å². The first-order valence-corrected chi connectivity index (χ1v) is 11.2. The van der Waals surface area contributed by atoms with E-state index < -0.39 is 0 Å². The average molecular weight is 481 g/mol. The third-order valence-corrected chi connectivity index (χ3v) is 5.84. The zero-order valence-corrected chi connectivity index (χ0v) is 20.8. The van der Waals surface area contributed by atoms with Crippen LogP contribution in [0.4, 0.5) is 11.6 Å². The molecule has 1 amide bonds. The summed E-state index contributed by atoms with van der Waals surface area (Å²) in [5, 5.41) is 9.40. The minimum atomic E-state index is -0.139. The van der Waals surface area contributed by atoms with Crippen molar-refractivity contribution in [2.75, 3.05) is 37.9 Å². The van der Waals surface area contributed by atoms with Crippen LogP contribution in [0.5, 0.6) is 5.75 Å². The maximum atomic E-state index is 11.9. The highest BCUT2D eigenvalue weighted by atomic mass is 32.1. The molecule has 0 bridgehead atoms. The highest BCUT2D eigenvalue weighted by molar-refractivity contribution is 7.59. The lowest BCUT2D eigenvalue weighted by molar-refractivity contribution is 0.0962. The van der Waals surface area contributed by atoms with E-state index in [2.05, 4.69) is 37.8 Å². The molecule has 1 saturated carbocycles. The topological polar surface area (TPSA) is 101 Å². The molecule has 0 saturated heterocycles. The van der Waals surface area contributed by atoms with Gasteiger partial charge in [-0.25, -0.2) is 15.0 Å². The van der Waals surface area contributed by atoms with Gasteiger partial charge in [0.25, 0.3) is 5.91 Å². The Balaban J connectivity index is 0.00000324. The van der Waals surface area contributed by atoms with Gasteiger partial charge in [0.15, 0.2) is 0 Å². The zero-order valence-electron chi connectivity index (χ0n) is 19.8. The minimum absolute atomic E-state index is 0. The second kappa shape index (κ2) is 11.7. The molecule has 0 spiro atoms. The van der Waals surface area contributed by atoms with Crippen molar-refractivity contribution in [3.05, 3.63) is 60.0 Å². The molecule has 9 heteroatoms. The van der Waals surface area contributed by atoms with E-state index in [1.54, 1.807) is 26.6 Å². The molecule has 3 N–H and O–H groups in total. The third-order valence-electron chi connectivity index (χ3n) is 5.84. The lowest BCUT2D eigenvalue weighted by Gasteiger charge is -2.17. The van der Waals surface area contributed by atoms with E-state index in [9.17, 15) is 4.79 Å². The number of rotatable bonds is 10. The number of hydrogen-bond acceptors (Lipinski definition) is 7. The summed E-state index contributed by atoms with van der Waals surface area (Å²) in [5.41, 5.74) is 3.34. The van der Waals surface area contributed by atoms with Crippen molar-refractivity contribution < 1.29 is 9.53 Å². The summed E-state index contributed by atoms with van der Waals surface area (Å²) in [4.78, 5) is 25.2. The summed E-state index contributed by atoms with van der Waals surface area (Å²) in [7, 11) is 3.23. The van der Waals surface area contributed by atoms with Crippen LogP contribution >= 0.6 is 13.5 Å². The molecule has 0 radical (unpaired) electrons. The van der Waals surface area contributed by atoms with E-state index in [0.717, 1.165) is 40.9 Å². The molecular formula is C25H32N6O2S. The molecule has 2 heterocycles. The Morgan fingerprint density at radius 2 is 1.91 bits per heavy atom. The molecule has 0 aliphatic heterocycles. The van der Waals surface area contributed by atoms with E-state index >= 15 is 0 Å². The number of pyridine rings is 1. The standard InChI is InChI=1S/C25H30N6O2.H2S/c1-16(20-8-6-18(25(32)26-2)10-22(20)33-3)12-27-24-11-21(30-15-31-24)19-7-9-23(29-14-19)28-13-17-4-5-17;/h6-11,14-17H,4-5,12-13H2,1-3H3,(H,26,32)(H,28,29)(H,27,30,31);1H2/t16-;/m1./s1. The smallest absolute Gasteiger partial charge is 0.251 e. The molecule has 3 aromatic rings. The largest absolute Gasteiger partial charge is 0.496 e. The Bertz CT molecular complexity index is 1100. The maximum Gasteiger partial charge on any atom is 0.251 e. The summed E-state index contributed by atoms with van der Waals surface area (Å²) in [5.74, 6) is 3.12. The molecule has 180 valence electrons. The number of amides is 1. The minimum Gasteiger partial charge on any atom is -0.496 e. The van der Waals surface area contributed by atoms with Crippen LogP contribution in [0.25, 0.3) is 11.3 Å². The Hall–Kier alpha value is -3.33. The quantitative estimate of drug-likeness (QED) is 0.402. The van der Waals surface area contributed by atoms with Gasteiger partial charge in [0, 0.05) is 49.4 Å². The summed E-state index contributed by atoms with van der Waals surface area (Å²) in [6, 6.07) is 11.5. The summed E-state index contributed by atoms with van der Waals surface area (Å²) < 4.78 is 5.53. The van der Waals surface area contributed by atoms with Crippen LogP contribution < -0.4 is 20.7 Å². The molecule has 34 heavy (non-hydrogen) atoms. The number of hydrogen-bond donors (Lipinski definition) is 3.